The molecule has 0 spiro atoms. The van der Waals surface area contributed by atoms with Crippen LogP contribution in [0.3, 0.4) is 0 Å². The SMILES string of the molecule is C=C(C)CNC(=O)c1ccc(C(=O)O)cn1. The fourth-order valence-electron chi connectivity index (χ4n) is 0.976. The average molecular weight is 220 g/mol. The summed E-state index contributed by atoms with van der Waals surface area (Å²) in [6.45, 7) is 5.81. The van der Waals surface area contributed by atoms with Crippen LogP contribution in [-0.4, -0.2) is 28.5 Å². The summed E-state index contributed by atoms with van der Waals surface area (Å²) < 4.78 is 0. The molecule has 0 saturated carbocycles. The molecule has 1 aromatic rings. The number of carboxylic acid groups (broad SMARTS) is 1. The molecule has 0 aliphatic carbocycles. The summed E-state index contributed by atoms with van der Waals surface area (Å²) in [6, 6.07) is 2.71. The van der Waals surface area contributed by atoms with E-state index in [-0.39, 0.29) is 17.2 Å². The summed E-state index contributed by atoms with van der Waals surface area (Å²) >= 11 is 0. The zero-order valence-corrected chi connectivity index (χ0v) is 8.86. The summed E-state index contributed by atoms with van der Waals surface area (Å²) in [5.41, 5.74) is 1.07. The average Bonchev–Trinajstić information content (AvgIpc) is 2.26. The van der Waals surface area contributed by atoms with Gasteiger partial charge < -0.3 is 10.4 Å². The normalized spacial score (nSPS) is 9.56. The van der Waals surface area contributed by atoms with Crippen LogP contribution in [0.4, 0.5) is 0 Å². The molecule has 0 radical (unpaired) electrons. The van der Waals surface area contributed by atoms with Crippen molar-refractivity contribution < 1.29 is 14.7 Å². The first kappa shape index (κ1) is 11.9. The summed E-state index contributed by atoms with van der Waals surface area (Å²) in [4.78, 5) is 25.8. The lowest BCUT2D eigenvalue weighted by Gasteiger charge is -2.03. The minimum atomic E-state index is -1.07. The number of aromatic carboxylic acids is 1. The molecule has 2 N–H and O–H groups in total. The van der Waals surface area contributed by atoms with Crippen molar-refractivity contribution in [3.63, 3.8) is 0 Å². The fraction of sp³-hybridized carbons (Fsp3) is 0.182. The molecular formula is C11H12N2O3. The Morgan fingerprint density at radius 3 is 2.62 bits per heavy atom. The second kappa shape index (κ2) is 5.06. The molecule has 0 aliphatic heterocycles. The van der Waals surface area contributed by atoms with Gasteiger partial charge in [0.05, 0.1) is 5.56 Å². The van der Waals surface area contributed by atoms with Crippen LogP contribution in [0.5, 0.6) is 0 Å². The maximum absolute atomic E-state index is 11.5. The predicted molar refractivity (Wildman–Crippen MR) is 58.3 cm³/mol. The van der Waals surface area contributed by atoms with Gasteiger partial charge in [0.2, 0.25) is 0 Å². The van der Waals surface area contributed by atoms with E-state index in [2.05, 4.69) is 16.9 Å². The van der Waals surface area contributed by atoms with Gasteiger partial charge in [-0.1, -0.05) is 12.2 Å². The maximum atomic E-state index is 11.5. The second-order valence-electron chi connectivity index (χ2n) is 3.38. The number of hydrogen-bond donors (Lipinski definition) is 2. The smallest absolute Gasteiger partial charge is 0.337 e. The first-order valence-electron chi connectivity index (χ1n) is 4.62. The molecule has 0 aliphatic rings. The molecule has 0 bridgehead atoms. The summed E-state index contributed by atoms with van der Waals surface area (Å²) in [5, 5.41) is 11.2. The zero-order chi connectivity index (χ0) is 12.1. The lowest BCUT2D eigenvalue weighted by Crippen LogP contribution is -2.25. The van der Waals surface area contributed by atoms with Crippen molar-refractivity contribution in [2.75, 3.05) is 6.54 Å². The Balaban J connectivity index is 2.70. The van der Waals surface area contributed by atoms with Gasteiger partial charge in [-0.15, -0.1) is 0 Å². The van der Waals surface area contributed by atoms with Crippen LogP contribution >= 0.6 is 0 Å². The van der Waals surface area contributed by atoms with E-state index in [1.54, 1.807) is 6.92 Å². The van der Waals surface area contributed by atoms with Crippen molar-refractivity contribution in [3.8, 4) is 0 Å². The van der Waals surface area contributed by atoms with Gasteiger partial charge >= 0.3 is 5.97 Å². The van der Waals surface area contributed by atoms with E-state index in [0.717, 1.165) is 11.8 Å². The monoisotopic (exact) mass is 220 g/mol. The van der Waals surface area contributed by atoms with Crippen LogP contribution in [0.25, 0.3) is 0 Å². The highest BCUT2D eigenvalue weighted by molar-refractivity contribution is 5.93. The van der Waals surface area contributed by atoms with Crippen LogP contribution in [0.2, 0.25) is 0 Å². The number of carbonyl (C=O) groups is 2. The molecule has 0 unspecified atom stereocenters. The fourth-order valence-corrected chi connectivity index (χ4v) is 0.976. The van der Waals surface area contributed by atoms with Crippen molar-refractivity contribution in [2.24, 2.45) is 0 Å². The van der Waals surface area contributed by atoms with E-state index in [1.807, 2.05) is 0 Å². The molecule has 1 aromatic heterocycles. The molecule has 0 saturated heterocycles. The lowest BCUT2D eigenvalue weighted by molar-refractivity contribution is 0.0695. The van der Waals surface area contributed by atoms with Crippen molar-refractivity contribution in [1.82, 2.24) is 10.3 Å². The quantitative estimate of drug-likeness (QED) is 0.744. The number of aromatic nitrogens is 1. The summed E-state index contributed by atoms with van der Waals surface area (Å²) in [7, 11) is 0. The predicted octanol–water partition coefficient (Wildman–Crippen LogP) is 1.09. The van der Waals surface area contributed by atoms with E-state index < -0.39 is 5.97 Å². The van der Waals surface area contributed by atoms with Crippen LogP contribution in [0.15, 0.2) is 30.5 Å². The molecule has 5 heteroatoms. The van der Waals surface area contributed by atoms with Crippen molar-refractivity contribution >= 4 is 11.9 Å². The van der Waals surface area contributed by atoms with Crippen LogP contribution in [0.1, 0.15) is 27.8 Å². The number of nitrogens with zero attached hydrogens (tertiary/aromatic N) is 1. The number of carboxylic acids is 1. The molecule has 1 amide bonds. The van der Waals surface area contributed by atoms with E-state index >= 15 is 0 Å². The van der Waals surface area contributed by atoms with E-state index in [1.165, 1.54) is 12.1 Å². The molecule has 84 valence electrons. The molecule has 16 heavy (non-hydrogen) atoms. The van der Waals surface area contributed by atoms with E-state index in [9.17, 15) is 9.59 Å². The highest BCUT2D eigenvalue weighted by Gasteiger charge is 2.08. The lowest BCUT2D eigenvalue weighted by atomic mass is 10.2. The minimum Gasteiger partial charge on any atom is -0.478 e. The number of carbonyl (C=O) groups excluding carboxylic acids is 1. The Kier molecular flexibility index (Phi) is 3.77. The van der Waals surface area contributed by atoms with Gasteiger partial charge in [-0.3, -0.25) is 9.78 Å². The number of rotatable bonds is 4. The molecule has 0 aromatic carbocycles. The third-order valence-corrected chi connectivity index (χ3v) is 1.79. The highest BCUT2D eigenvalue weighted by Crippen LogP contribution is 2.00. The second-order valence-corrected chi connectivity index (χ2v) is 3.38. The number of hydrogen-bond acceptors (Lipinski definition) is 3. The van der Waals surface area contributed by atoms with Gasteiger partial charge in [-0.05, 0) is 19.1 Å². The summed E-state index contributed by atoms with van der Waals surface area (Å²) in [6.07, 6.45) is 1.15. The third kappa shape index (κ3) is 3.20. The first-order valence-corrected chi connectivity index (χ1v) is 4.62. The first-order chi connectivity index (χ1) is 7.50. The molecular weight excluding hydrogens is 208 g/mol. The van der Waals surface area contributed by atoms with Crippen LogP contribution in [-0.2, 0) is 0 Å². The third-order valence-electron chi connectivity index (χ3n) is 1.79. The Morgan fingerprint density at radius 2 is 2.19 bits per heavy atom. The minimum absolute atomic E-state index is 0.0523. The molecule has 1 rings (SSSR count). The molecule has 5 nitrogen and oxygen atoms in total. The summed E-state index contributed by atoms with van der Waals surface area (Å²) in [5.74, 6) is -1.42. The van der Waals surface area contributed by atoms with Gasteiger partial charge in [0.15, 0.2) is 0 Å². The van der Waals surface area contributed by atoms with Gasteiger partial charge in [-0.25, -0.2) is 4.79 Å². The Bertz CT molecular complexity index is 423. The maximum Gasteiger partial charge on any atom is 0.337 e. The molecule has 0 fully saturated rings. The molecule has 0 atom stereocenters. The van der Waals surface area contributed by atoms with Gasteiger partial charge in [0.25, 0.3) is 5.91 Å². The Labute approximate surface area is 92.8 Å². The van der Waals surface area contributed by atoms with E-state index in [4.69, 9.17) is 5.11 Å². The van der Waals surface area contributed by atoms with Crippen LogP contribution < -0.4 is 5.32 Å². The van der Waals surface area contributed by atoms with E-state index in [0.29, 0.717) is 6.54 Å². The zero-order valence-electron chi connectivity index (χ0n) is 8.86. The van der Waals surface area contributed by atoms with Crippen LogP contribution in [0, 0.1) is 0 Å². The van der Waals surface area contributed by atoms with Gasteiger partial charge in [0, 0.05) is 12.7 Å². The van der Waals surface area contributed by atoms with Crippen molar-refractivity contribution in [1.29, 1.82) is 0 Å². The van der Waals surface area contributed by atoms with Crippen molar-refractivity contribution in [2.45, 2.75) is 6.92 Å². The number of amides is 1. The number of nitrogens with one attached hydrogen (secondary N) is 1. The standard InChI is InChI=1S/C11H12N2O3/c1-7(2)5-13-10(14)9-4-3-8(6-12-9)11(15)16/h3-4,6H,1,5H2,2H3,(H,13,14)(H,15,16). The Morgan fingerprint density at radius 1 is 1.50 bits per heavy atom. The van der Waals surface area contributed by atoms with Gasteiger partial charge in [0.1, 0.15) is 5.69 Å². The topological polar surface area (TPSA) is 79.3 Å². The Hall–Kier alpha value is -2.17. The van der Waals surface area contributed by atoms with Gasteiger partial charge in [-0.2, -0.15) is 0 Å². The highest BCUT2D eigenvalue weighted by atomic mass is 16.4. The largest absolute Gasteiger partial charge is 0.478 e. The van der Waals surface area contributed by atoms with Crippen molar-refractivity contribution in [3.05, 3.63) is 41.7 Å². The number of pyridine rings is 1. The molecule has 1 heterocycles.